The number of rotatable bonds is 3. The summed E-state index contributed by atoms with van der Waals surface area (Å²) in [6.45, 7) is 12.3. The van der Waals surface area contributed by atoms with Crippen LogP contribution >= 0.6 is 0 Å². The first-order valence-electron chi connectivity index (χ1n) is 9.96. The van der Waals surface area contributed by atoms with Crippen LogP contribution in [0.3, 0.4) is 0 Å². The number of ether oxygens (including phenoxy) is 1. The third-order valence-corrected chi connectivity index (χ3v) is 5.73. The molecule has 158 valence electrons. The molecule has 0 radical (unpaired) electrons. The van der Waals surface area contributed by atoms with Gasteiger partial charge in [-0.05, 0) is 65.4 Å². The maximum atomic E-state index is 9.95. The van der Waals surface area contributed by atoms with E-state index in [0.717, 1.165) is 23.9 Å². The van der Waals surface area contributed by atoms with E-state index in [9.17, 15) is 5.11 Å². The lowest BCUT2D eigenvalue weighted by Gasteiger charge is -2.32. The third-order valence-electron chi connectivity index (χ3n) is 5.73. The smallest absolute Gasteiger partial charge is 0.399 e. The molecule has 0 saturated carbocycles. The molecule has 7 heteroatoms. The lowest BCUT2D eigenvalue weighted by Crippen LogP contribution is -2.41. The maximum Gasteiger partial charge on any atom is 0.494 e. The zero-order valence-electron chi connectivity index (χ0n) is 17.9. The minimum atomic E-state index is -0.825. The summed E-state index contributed by atoms with van der Waals surface area (Å²) >= 11 is 0. The van der Waals surface area contributed by atoms with E-state index in [0.29, 0.717) is 6.61 Å². The molecule has 2 aliphatic heterocycles. The van der Waals surface area contributed by atoms with E-state index in [1.54, 1.807) is 13.8 Å². The topological polar surface area (TPSA) is 88.4 Å². The van der Waals surface area contributed by atoms with Crippen molar-refractivity contribution in [2.24, 2.45) is 0 Å². The largest absolute Gasteiger partial charge is 0.494 e. The summed E-state index contributed by atoms with van der Waals surface area (Å²) in [6, 6.07) is 7.74. The van der Waals surface area contributed by atoms with Crippen molar-refractivity contribution in [1.29, 1.82) is 0 Å². The SMILES string of the molecule is CC(C)(O)c1ccc(B2OC(C)(C)C(C)(C)O2)cc1.OCC1OCCCC1O. The summed E-state index contributed by atoms with van der Waals surface area (Å²) < 4.78 is 17.0. The fraction of sp³-hybridized carbons (Fsp3) is 0.714. The van der Waals surface area contributed by atoms with E-state index in [1.807, 2.05) is 52.0 Å². The molecule has 2 heterocycles. The van der Waals surface area contributed by atoms with Gasteiger partial charge >= 0.3 is 7.12 Å². The Morgan fingerprint density at radius 2 is 1.61 bits per heavy atom. The molecule has 2 aliphatic rings. The van der Waals surface area contributed by atoms with Gasteiger partial charge in [-0.2, -0.15) is 0 Å². The van der Waals surface area contributed by atoms with Crippen molar-refractivity contribution in [3.05, 3.63) is 29.8 Å². The summed E-state index contributed by atoms with van der Waals surface area (Å²) in [7, 11) is -0.346. The molecule has 0 spiro atoms. The van der Waals surface area contributed by atoms with E-state index in [1.165, 1.54) is 0 Å². The molecule has 2 unspecified atom stereocenters. The highest BCUT2D eigenvalue weighted by atomic mass is 16.7. The van der Waals surface area contributed by atoms with Gasteiger partial charge in [0, 0.05) is 6.61 Å². The van der Waals surface area contributed by atoms with Crippen molar-refractivity contribution in [1.82, 2.24) is 0 Å². The molecule has 0 aliphatic carbocycles. The Bertz CT molecular complexity index is 607. The van der Waals surface area contributed by atoms with Crippen molar-refractivity contribution in [2.45, 2.75) is 83.4 Å². The monoisotopic (exact) mass is 394 g/mol. The van der Waals surface area contributed by atoms with Gasteiger partial charge in [0.15, 0.2) is 0 Å². The molecule has 2 atom stereocenters. The van der Waals surface area contributed by atoms with E-state index in [4.69, 9.17) is 24.3 Å². The van der Waals surface area contributed by atoms with Crippen molar-refractivity contribution in [3.8, 4) is 0 Å². The molecule has 2 saturated heterocycles. The van der Waals surface area contributed by atoms with Crippen LogP contribution in [0.4, 0.5) is 0 Å². The van der Waals surface area contributed by atoms with Gasteiger partial charge < -0.3 is 29.4 Å². The Hall–Kier alpha value is -0.955. The van der Waals surface area contributed by atoms with Gasteiger partial charge in [0.05, 0.1) is 29.5 Å². The second-order valence-corrected chi connectivity index (χ2v) is 9.07. The van der Waals surface area contributed by atoms with Crippen LogP contribution in [-0.4, -0.2) is 59.1 Å². The van der Waals surface area contributed by atoms with Crippen molar-refractivity contribution in [2.75, 3.05) is 13.2 Å². The highest BCUT2D eigenvalue weighted by molar-refractivity contribution is 6.62. The predicted molar refractivity (Wildman–Crippen MR) is 109 cm³/mol. The average Bonchev–Trinajstić information content (AvgIpc) is 2.83. The van der Waals surface area contributed by atoms with Crippen molar-refractivity contribution in [3.63, 3.8) is 0 Å². The molecule has 3 rings (SSSR count). The first-order chi connectivity index (χ1) is 12.9. The number of aliphatic hydroxyl groups excluding tert-OH is 2. The summed E-state index contributed by atoms with van der Waals surface area (Å²) in [6.07, 6.45) is 0.866. The van der Waals surface area contributed by atoms with Gasteiger partial charge in [-0.3, -0.25) is 0 Å². The van der Waals surface area contributed by atoms with Crippen LogP contribution < -0.4 is 5.46 Å². The first kappa shape index (κ1) is 23.3. The van der Waals surface area contributed by atoms with Gasteiger partial charge in [0.25, 0.3) is 0 Å². The summed E-state index contributed by atoms with van der Waals surface area (Å²) in [5, 5.41) is 27.6. The van der Waals surface area contributed by atoms with Crippen LogP contribution in [0.5, 0.6) is 0 Å². The molecule has 28 heavy (non-hydrogen) atoms. The lowest BCUT2D eigenvalue weighted by molar-refractivity contribution is -0.0942. The first-order valence-corrected chi connectivity index (χ1v) is 9.96. The van der Waals surface area contributed by atoms with Gasteiger partial charge in [-0.15, -0.1) is 0 Å². The number of benzene rings is 1. The summed E-state index contributed by atoms with van der Waals surface area (Å²) in [4.78, 5) is 0. The normalized spacial score (nSPS) is 26.5. The van der Waals surface area contributed by atoms with Gasteiger partial charge in [-0.25, -0.2) is 0 Å². The zero-order valence-corrected chi connectivity index (χ0v) is 17.9. The molecule has 0 amide bonds. The van der Waals surface area contributed by atoms with Crippen LogP contribution in [0.2, 0.25) is 0 Å². The standard InChI is InChI=1S/C15H23BO3.C6H12O3/c1-13(2,17)11-7-9-12(10-8-11)16-18-14(3,4)15(5,6)19-16;7-4-6-5(8)2-1-3-9-6/h7-10,17H,1-6H3;5-8H,1-4H2. The van der Waals surface area contributed by atoms with Crippen LogP contribution in [0.25, 0.3) is 0 Å². The quantitative estimate of drug-likeness (QED) is 0.677. The summed E-state index contributed by atoms with van der Waals surface area (Å²) in [5.41, 5.74) is 0.382. The van der Waals surface area contributed by atoms with Crippen molar-refractivity contribution < 1.29 is 29.4 Å². The molecule has 1 aromatic carbocycles. The molecule has 2 fully saturated rings. The second-order valence-electron chi connectivity index (χ2n) is 9.07. The average molecular weight is 394 g/mol. The highest BCUT2D eigenvalue weighted by Crippen LogP contribution is 2.36. The minimum absolute atomic E-state index is 0.0683. The zero-order chi connectivity index (χ0) is 21.2. The van der Waals surface area contributed by atoms with Crippen LogP contribution in [0.15, 0.2) is 24.3 Å². The van der Waals surface area contributed by atoms with Gasteiger partial charge in [0.2, 0.25) is 0 Å². The van der Waals surface area contributed by atoms with E-state index in [2.05, 4.69) is 0 Å². The van der Waals surface area contributed by atoms with Crippen LogP contribution in [-0.2, 0) is 19.6 Å². The number of hydrogen-bond acceptors (Lipinski definition) is 6. The van der Waals surface area contributed by atoms with E-state index in [-0.39, 0.29) is 31.0 Å². The highest BCUT2D eigenvalue weighted by Gasteiger charge is 2.51. The fourth-order valence-corrected chi connectivity index (χ4v) is 3.03. The molecule has 3 N–H and O–H groups in total. The van der Waals surface area contributed by atoms with Gasteiger partial charge in [0.1, 0.15) is 6.10 Å². The second kappa shape index (κ2) is 8.82. The molecule has 1 aromatic rings. The van der Waals surface area contributed by atoms with Crippen LogP contribution in [0, 0.1) is 0 Å². The van der Waals surface area contributed by atoms with E-state index < -0.39 is 11.7 Å². The maximum absolute atomic E-state index is 9.95. The number of aliphatic hydroxyl groups is 3. The minimum Gasteiger partial charge on any atom is -0.399 e. The molecule has 0 bridgehead atoms. The van der Waals surface area contributed by atoms with E-state index >= 15 is 0 Å². The molecule has 6 nitrogen and oxygen atoms in total. The Morgan fingerprint density at radius 1 is 1.07 bits per heavy atom. The summed E-state index contributed by atoms with van der Waals surface area (Å²) in [5.74, 6) is 0. The Morgan fingerprint density at radius 3 is 2.00 bits per heavy atom. The lowest BCUT2D eigenvalue weighted by atomic mass is 9.78. The Kier molecular flexibility index (Phi) is 7.34. The predicted octanol–water partition coefficient (Wildman–Crippen LogP) is 1.73. The van der Waals surface area contributed by atoms with Crippen molar-refractivity contribution >= 4 is 12.6 Å². The fourth-order valence-electron chi connectivity index (χ4n) is 3.03. The van der Waals surface area contributed by atoms with Crippen LogP contribution in [0.1, 0.15) is 59.9 Å². The third kappa shape index (κ3) is 5.56. The Balaban J connectivity index is 0.000000261. The molecular formula is C21H35BO6. The molecule has 0 aromatic heterocycles. The number of hydrogen-bond donors (Lipinski definition) is 3. The van der Waals surface area contributed by atoms with Gasteiger partial charge in [-0.1, -0.05) is 24.3 Å². The molecular weight excluding hydrogens is 359 g/mol. The Labute approximate surface area is 169 Å².